The maximum absolute atomic E-state index is 13.1. The summed E-state index contributed by atoms with van der Waals surface area (Å²) in [4.78, 5) is 27.3. The van der Waals surface area contributed by atoms with E-state index in [9.17, 15) is 14.7 Å². The average molecular weight is 512 g/mol. The van der Waals surface area contributed by atoms with E-state index in [1.165, 1.54) is 0 Å². The van der Waals surface area contributed by atoms with E-state index in [0.29, 0.717) is 42.3 Å². The van der Waals surface area contributed by atoms with Crippen molar-refractivity contribution in [3.05, 3.63) is 64.7 Å². The van der Waals surface area contributed by atoms with Crippen LogP contribution < -0.4 is 15.4 Å². The number of hydrogen-bond donors (Lipinski definition) is 3. The predicted octanol–water partition coefficient (Wildman–Crippen LogP) is 4.20. The van der Waals surface area contributed by atoms with Gasteiger partial charge in [-0.25, -0.2) is 0 Å². The molecule has 7 nitrogen and oxygen atoms in total. The highest BCUT2D eigenvalue weighted by molar-refractivity contribution is 6.31. The Morgan fingerprint density at radius 1 is 1.28 bits per heavy atom. The minimum atomic E-state index is -1.01. The third-order valence-corrected chi connectivity index (χ3v) is 7.36. The van der Waals surface area contributed by atoms with Gasteiger partial charge in [0.1, 0.15) is 5.75 Å². The van der Waals surface area contributed by atoms with Crippen molar-refractivity contribution in [2.75, 3.05) is 33.1 Å². The van der Waals surface area contributed by atoms with Crippen molar-refractivity contribution in [2.24, 2.45) is 5.92 Å². The first kappa shape index (κ1) is 26.2. The lowest BCUT2D eigenvalue weighted by molar-refractivity contribution is -0.122. The number of benzene rings is 2. The van der Waals surface area contributed by atoms with E-state index in [1.807, 2.05) is 50.5 Å². The van der Waals surface area contributed by atoms with E-state index < -0.39 is 5.60 Å². The van der Waals surface area contributed by atoms with Gasteiger partial charge in [0.25, 0.3) is 0 Å². The quantitative estimate of drug-likeness (QED) is 0.518. The van der Waals surface area contributed by atoms with Crippen molar-refractivity contribution in [1.29, 1.82) is 0 Å². The van der Waals surface area contributed by atoms with Crippen LogP contribution in [0.15, 0.2) is 48.5 Å². The largest absolute Gasteiger partial charge is 0.497 e. The molecular formula is C28H34ClN3O4. The molecule has 2 aromatic rings. The van der Waals surface area contributed by atoms with E-state index in [-0.39, 0.29) is 36.6 Å². The van der Waals surface area contributed by atoms with Crippen LogP contribution in [0.1, 0.15) is 43.2 Å². The van der Waals surface area contributed by atoms with Crippen LogP contribution in [-0.2, 0) is 15.2 Å². The van der Waals surface area contributed by atoms with Gasteiger partial charge < -0.3 is 25.4 Å². The number of methoxy groups -OCH3 is 1. The molecule has 2 amide bonds. The molecule has 3 atom stereocenters. The van der Waals surface area contributed by atoms with Gasteiger partial charge in [-0.15, -0.1) is 0 Å². The molecule has 3 unspecified atom stereocenters. The zero-order valence-corrected chi connectivity index (χ0v) is 21.8. The first-order valence-electron chi connectivity index (χ1n) is 12.3. The van der Waals surface area contributed by atoms with Gasteiger partial charge in [-0.05, 0) is 68.8 Å². The molecular weight excluding hydrogens is 478 g/mol. The van der Waals surface area contributed by atoms with Crippen LogP contribution in [-0.4, -0.2) is 55.6 Å². The summed E-state index contributed by atoms with van der Waals surface area (Å²) < 4.78 is 5.38. The van der Waals surface area contributed by atoms with Crippen LogP contribution in [0.3, 0.4) is 0 Å². The molecule has 0 bridgehead atoms. The van der Waals surface area contributed by atoms with Crippen molar-refractivity contribution in [2.45, 2.75) is 43.7 Å². The number of aliphatic hydroxyl groups is 1. The van der Waals surface area contributed by atoms with Crippen LogP contribution >= 0.6 is 11.6 Å². The van der Waals surface area contributed by atoms with Crippen LogP contribution in [0, 0.1) is 5.92 Å². The fraction of sp³-hybridized carbons (Fsp3) is 0.429. The summed E-state index contributed by atoms with van der Waals surface area (Å²) in [5.41, 5.74) is 2.06. The normalized spacial score (nSPS) is 23.8. The lowest BCUT2D eigenvalue weighted by Gasteiger charge is -2.44. The second-order valence-electron chi connectivity index (χ2n) is 10.0. The summed E-state index contributed by atoms with van der Waals surface area (Å²) in [5.74, 6) is 0.410. The molecule has 1 aliphatic carbocycles. The topological polar surface area (TPSA) is 90.9 Å². The first-order chi connectivity index (χ1) is 17.2. The second kappa shape index (κ2) is 11.0. The Morgan fingerprint density at radius 3 is 2.83 bits per heavy atom. The monoisotopic (exact) mass is 511 g/mol. The van der Waals surface area contributed by atoms with Gasteiger partial charge in [-0.3, -0.25) is 9.59 Å². The van der Waals surface area contributed by atoms with Gasteiger partial charge in [0.15, 0.2) is 0 Å². The molecule has 3 N–H and O–H groups in total. The number of carbonyl (C=O) groups is 2. The van der Waals surface area contributed by atoms with Crippen molar-refractivity contribution in [3.63, 3.8) is 0 Å². The van der Waals surface area contributed by atoms with E-state index in [0.717, 1.165) is 16.7 Å². The molecule has 4 rings (SSSR count). The van der Waals surface area contributed by atoms with E-state index in [2.05, 4.69) is 15.5 Å². The number of ether oxygens (including phenoxy) is 1. The maximum Gasteiger partial charge on any atom is 0.228 e. The number of rotatable bonds is 7. The Morgan fingerprint density at radius 2 is 2.08 bits per heavy atom. The summed E-state index contributed by atoms with van der Waals surface area (Å²) in [6.45, 7) is 0.688. The molecule has 0 spiro atoms. The molecule has 0 aromatic heterocycles. The number of amides is 2. The Bertz CT molecular complexity index is 1170. The number of nitrogens with zero attached hydrogens (tertiary/aromatic N) is 1. The molecule has 2 aliphatic rings. The molecule has 1 heterocycles. The minimum Gasteiger partial charge on any atom is -0.497 e. The fourth-order valence-corrected chi connectivity index (χ4v) is 5.54. The van der Waals surface area contributed by atoms with Gasteiger partial charge in [0, 0.05) is 41.2 Å². The van der Waals surface area contributed by atoms with Gasteiger partial charge in [0.05, 0.1) is 19.1 Å². The number of nitrogens with one attached hydrogen (secondary N) is 2. The van der Waals surface area contributed by atoms with Gasteiger partial charge in [-0.2, -0.15) is 0 Å². The Hall–Kier alpha value is -2.87. The summed E-state index contributed by atoms with van der Waals surface area (Å²) in [7, 11) is 5.60. The van der Waals surface area contributed by atoms with Gasteiger partial charge in [-0.1, -0.05) is 35.9 Å². The van der Waals surface area contributed by atoms with Crippen LogP contribution in [0.4, 0.5) is 5.69 Å². The minimum absolute atomic E-state index is 0.0517. The smallest absolute Gasteiger partial charge is 0.228 e. The SMILES string of the molecule is COc1cccc(C2(O)CCC(NC(=O)CC3=CCC(=O)Nc4cc(Cl)ccc43)CC2CN(C)C)c1. The standard InChI is InChI=1S/C28H34ClN3O4/c1-32(2)17-20-14-22(11-12-28(20,35)19-5-4-6-23(15-19)36-3)30-27(34)13-18-7-10-26(33)31-25-16-21(29)8-9-24(18)25/h4-9,15-16,20,22,35H,10-14,17H2,1-3H3,(H,30,34)(H,31,33). The Kier molecular flexibility index (Phi) is 8.03. The van der Waals surface area contributed by atoms with Gasteiger partial charge >= 0.3 is 0 Å². The van der Waals surface area contributed by atoms with Crippen molar-refractivity contribution in [1.82, 2.24) is 10.2 Å². The van der Waals surface area contributed by atoms with Crippen molar-refractivity contribution < 1.29 is 19.4 Å². The number of carbonyl (C=O) groups excluding carboxylic acids is 2. The highest BCUT2D eigenvalue weighted by Crippen LogP contribution is 2.43. The molecule has 1 saturated carbocycles. The molecule has 36 heavy (non-hydrogen) atoms. The summed E-state index contributed by atoms with van der Waals surface area (Å²) in [5, 5.41) is 18.4. The molecule has 0 radical (unpaired) electrons. The Labute approximate surface area is 217 Å². The van der Waals surface area contributed by atoms with Crippen molar-refractivity contribution >= 4 is 34.7 Å². The fourth-order valence-electron chi connectivity index (χ4n) is 5.37. The van der Waals surface area contributed by atoms with E-state index >= 15 is 0 Å². The van der Waals surface area contributed by atoms with Crippen LogP contribution in [0.25, 0.3) is 5.57 Å². The number of fused-ring (bicyclic) bond motifs is 1. The average Bonchev–Trinajstić information content (AvgIpc) is 2.98. The molecule has 1 fully saturated rings. The number of anilines is 1. The molecule has 2 aromatic carbocycles. The molecule has 8 heteroatoms. The second-order valence-corrected chi connectivity index (χ2v) is 10.4. The van der Waals surface area contributed by atoms with Gasteiger partial charge in [0.2, 0.25) is 11.8 Å². The maximum atomic E-state index is 13.1. The van der Waals surface area contributed by atoms with Crippen molar-refractivity contribution in [3.8, 4) is 5.75 Å². The highest BCUT2D eigenvalue weighted by Gasteiger charge is 2.44. The lowest BCUT2D eigenvalue weighted by atomic mass is 9.69. The van der Waals surface area contributed by atoms with Crippen LogP contribution in [0.5, 0.6) is 5.75 Å². The highest BCUT2D eigenvalue weighted by atomic mass is 35.5. The number of halogens is 1. The summed E-state index contributed by atoms with van der Waals surface area (Å²) >= 11 is 6.11. The zero-order chi connectivity index (χ0) is 25.9. The van der Waals surface area contributed by atoms with E-state index in [4.69, 9.17) is 16.3 Å². The number of hydrogen-bond acceptors (Lipinski definition) is 5. The lowest BCUT2D eigenvalue weighted by Crippen LogP contribution is -2.50. The molecule has 0 saturated heterocycles. The summed E-state index contributed by atoms with van der Waals surface area (Å²) in [6.07, 6.45) is 4.03. The summed E-state index contributed by atoms with van der Waals surface area (Å²) in [6, 6.07) is 12.9. The van der Waals surface area contributed by atoms with E-state index in [1.54, 1.807) is 19.2 Å². The first-order valence-corrected chi connectivity index (χ1v) is 12.7. The predicted molar refractivity (Wildman–Crippen MR) is 142 cm³/mol. The third kappa shape index (κ3) is 5.91. The third-order valence-electron chi connectivity index (χ3n) is 7.13. The Balaban J connectivity index is 1.48. The molecule has 1 aliphatic heterocycles. The van der Waals surface area contributed by atoms with Crippen LogP contribution in [0.2, 0.25) is 5.02 Å². The molecule has 192 valence electrons. The zero-order valence-electron chi connectivity index (χ0n) is 21.0.